The van der Waals surface area contributed by atoms with E-state index in [4.69, 9.17) is 12.2 Å². The molecule has 1 aliphatic heterocycles. The summed E-state index contributed by atoms with van der Waals surface area (Å²) in [6.07, 6.45) is 2.37. The van der Waals surface area contributed by atoms with Gasteiger partial charge in [0.15, 0.2) is 4.77 Å². The van der Waals surface area contributed by atoms with Crippen molar-refractivity contribution in [1.29, 1.82) is 0 Å². The van der Waals surface area contributed by atoms with E-state index < -0.39 is 0 Å². The summed E-state index contributed by atoms with van der Waals surface area (Å²) in [5, 5.41) is 7.10. The Labute approximate surface area is 101 Å². The lowest BCUT2D eigenvalue weighted by Crippen LogP contribution is -2.42. The molecule has 1 aliphatic rings. The first kappa shape index (κ1) is 11.6. The third-order valence-corrected chi connectivity index (χ3v) is 3.70. The standard InChI is InChI=1S/C10H19N5S/c1-13(2)8-4-6-15(7-5-8)9-11-12-10(16)14(9)3/h8H,4-7H2,1-3H3,(H,12,16). The van der Waals surface area contributed by atoms with Crippen molar-refractivity contribution in [3.8, 4) is 0 Å². The van der Waals surface area contributed by atoms with Gasteiger partial charge in [0.1, 0.15) is 0 Å². The number of nitrogens with one attached hydrogen (secondary N) is 1. The maximum atomic E-state index is 5.12. The highest BCUT2D eigenvalue weighted by Gasteiger charge is 2.22. The van der Waals surface area contributed by atoms with Crippen LogP contribution in [0.15, 0.2) is 0 Å². The second kappa shape index (κ2) is 4.55. The molecule has 90 valence electrons. The highest BCUT2D eigenvalue weighted by atomic mass is 32.1. The summed E-state index contributed by atoms with van der Waals surface area (Å²) in [6, 6.07) is 0.698. The summed E-state index contributed by atoms with van der Waals surface area (Å²) < 4.78 is 2.62. The van der Waals surface area contributed by atoms with Crippen molar-refractivity contribution in [2.75, 3.05) is 32.1 Å². The minimum Gasteiger partial charge on any atom is -0.341 e. The fourth-order valence-electron chi connectivity index (χ4n) is 2.20. The van der Waals surface area contributed by atoms with Crippen LogP contribution in [-0.2, 0) is 7.05 Å². The van der Waals surface area contributed by atoms with E-state index >= 15 is 0 Å². The lowest BCUT2D eigenvalue weighted by Gasteiger charge is -2.35. The second-order valence-corrected chi connectivity index (χ2v) is 4.96. The van der Waals surface area contributed by atoms with Crippen LogP contribution < -0.4 is 4.90 Å². The van der Waals surface area contributed by atoms with Gasteiger partial charge in [-0.2, -0.15) is 0 Å². The van der Waals surface area contributed by atoms with Gasteiger partial charge in [-0.3, -0.25) is 4.57 Å². The molecule has 1 N–H and O–H groups in total. The zero-order valence-electron chi connectivity index (χ0n) is 10.1. The molecule has 0 amide bonds. The van der Waals surface area contributed by atoms with Crippen molar-refractivity contribution in [3.63, 3.8) is 0 Å². The van der Waals surface area contributed by atoms with Gasteiger partial charge in [-0.15, -0.1) is 5.10 Å². The number of aromatic nitrogens is 3. The lowest BCUT2D eigenvalue weighted by atomic mass is 10.0. The predicted molar refractivity (Wildman–Crippen MR) is 67.3 cm³/mol. The Morgan fingerprint density at radius 2 is 2.00 bits per heavy atom. The van der Waals surface area contributed by atoms with E-state index in [2.05, 4.69) is 34.1 Å². The smallest absolute Gasteiger partial charge is 0.225 e. The van der Waals surface area contributed by atoms with Gasteiger partial charge < -0.3 is 9.80 Å². The Morgan fingerprint density at radius 1 is 1.38 bits per heavy atom. The Morgan fingerprint density at radius 3 is 2.44 bits per heavy atom. The van der Waals surface area contributed by atoms with Crippen molar-refractivity contribution in [2.45, 2.75) is 18.9 Å². The normalized spacial score (nSPS) is 18.4. The van der Waals surface area contributed by atoms with Crippen LogP contribution >= 0.6 is 12.2 Å². The first-order valence-corrected chi connectivity index (χ1v) is 6.03. The molecule has 2 rings (SSSR count). The molecule has 0 unspecified atom stereocenters. The van der Waals surface area contributed by atoms with E-state index in [1.807, 2.05) is 11.6 Å². The van der Waals surface area contributed by atoms with E-state index in [-0.39, 0.29) is 0 Å². The summed E-state index contributed by atoms with van der Waals surface area (Å²) >= 11 is 5.12. The molecular weight excluding hydrogens is 222 g/mol. The number of hydrogen-bond acceptors (Lipinski definition) is 4. The maximum absolute atomic E-state index is 5.12. The van der Waals surface area contributed by atoms with Crippen LogP contribution in [0.4, 0.5) is 5.95 Å². The number of aromatic amines is 1. The van der Waals surface area contributed by atoms with Gasteiger partial charge >= 0.3 is 0 Å². The number of H-pyrrole nitrogens is 1. The summed E-state index contributed by atoms with van der Waals surface area (Å²) in [5.74, 6) is 0.960. The number of rotatable bonds is 2. The third-order valence-electron chi connectivity index (χ3n) is 3.33. The van der Waals surface area contributed by atoms with E-state index in [1.54, 1.807) is 0 Å². The van der Waals surface area contributed by atoms with Crippen LogP contribution in [0.25, 0.3) is 0 Å². The average Bonchev–Trinajstić information content (AvgIpc) is 2.60. The van der Waals surface area contributed by atoms with Crippen molar-refractivity contribution < 1.29 is 0 Å². The van der Waals surface area contributed by atoms with Crippen molar-refractivity contribution >= 4 is 18.2 Å². The van der Waals surface area contributed by atoms with Gasteiger partial charge in [-0.05, 0) is 39.2 Å². The highest BCUT2D eigenvalue weighted by Crippen LogP contribution is 2.19. The van der Waals surface area contributed by atoms with Crippen molar-refractivity contribution in [1.82, 2.24) is 19.7 Å². The molecule has 0 radical (unpaired) electrons. The molecule has 2 heterocycles. The van der Waals surface area contributed by atoms with Gasteiger partial charge in [-0.25, -0.2) is 5.10 Å². The molecule has 0 atom stereocenters. The average molecular weight is 241 g/mol. The monoisotopic (exact) mass is 241 g/mol. The fourth-order valence-corrected chi connectivity index (χ4v) is 2.33. The van der Waals surface area contributed by atoms with Gasteiger partial charge in [0, 0.05) is 26.2 Å². The number of piperidine rings is 1. The lowest BCUT2D eigenvalue weighted by molar-refractivity contribution is 0.248. The molecule has 0 aliphatic carbocycles. The van der Waals surface area contributed by atoms with Crippen molar-refractivity contribution in [3.05, 3.63) is 4.77 Å². The number of hydrogen-bond donors (Lipinski definition) is 1. The van der Waals surface area contributed by atoms with Crippen LogP contribution in [0.1, 0.15) is 12.8 Å². The first-order chi connectivity index (χ1) is 7.59. The fraction of sp³-hybridized carbons (Fsp3) is 0.800. The van der Waals surface area contributed by atoms with E-state index in [0.29, 0.717) is 10.8 Å². The van der Waals surface area contributed by atoms with Gasteiger partial charge in [-0.1, -0.05) is 0 Å². The Bertz CT molecular complexity index is 400. The van der Waals surface area contributed by atoms with E-state index in [1.165, 1.54) is 12.8 Å². The number of anilines is 1. The molecule has 0 spiro atoms. The van der Waals surface area contributed by atoms with Crippen LogP contribution in [-0.4, -0.2) is 52.9 Å². The Hall–Kier alpha value is -0.880. The zero-order valence-corrected chi connectivity index (χ0v) is 10.9. The summed E-state index contributed by atoms with van der Waals surface area (Å²) in [6.45, 7) is 2.10. The van der Waals surface area contributed by atoms with Gasteiger partial charge in [0.2, 0.25) is 5.95 Å². The highest BCUT2D eigenvalue weighted by molar-refractivity contribution is 7.71. The molecule has 16 heavy (non-hydrogen) atoms. The second-order valence-electron chi connectivity index (χ2n) is 4.57. The first-order valence-electron chi connectivity index (χ1n) is 5.62. The third kappa shape index (κ3) is 2.12. The molecule has 1 aromatic heterocycles. The molecule has 6 heteroatoms. The van der Waals surface area contributed by atoms with Crippen LogP contribution in [0.3, 0.4) is 0 Å². The quantitative estimate of drug-likeness (QED) is 0.785. The minimum absolute atomic E-state index is 0.685. The van der Waals surface area contributed by atoms with Crippen molar-refractivity contribution in [2.24, 2.45) is 7.05 Å². The molecule has 0 saturated carbocycles. The molecule has 5 nitrogen and oxygen atoms in total. The molecule has 0 bridgehead atoms. The minimum atomic E-state index is 0.685. The maximum Gasteiger partial charge on any atom is 0.225 e. The molecular formula is C10H19N5S. The summed E-state index contributed by atoms with van der Waals surface area (Å²) in [4.78, 5) is 4.60. The van der Waals surface area contributed by atoms with Gasteiger partial charge in [0.25, 0.3) is 0 Å². The Balaban J connectivity index is 2.04. The van der Waals surface area contributed by atoms with E-state index in [9.17, 15) is 0 Å². The summed E-state index contributed by atoms with van der Waals surface area (Å²) in [5.41, 5.74) is 0. The topological polar surface area (TPSA) is 40.1 Å². The van der Waals surface area contributed by atoms with Crippen LogP contribution in [0, 0.1) is 4.77 Å². The number of nitrogens with zero attached hydrogens (tertiary/aromatic N) is 4. The largest absolute Gasteiger partial charge is 0.341 e. The van der Waals surface area contributed by atoms with Gasteiger partial charge in [0.05, 0.1) is 0 Å². The van der Waals surface area contributed by atoms with Crippen LogP contribution in [0.2, 0.25) is 0 Å². The Kier molecular flexibility index (Phi) is 3.30. The molecule has 1 aromatic rings. The summed E-state index contributed by atoms with van der Waals surface area (Å²) in [7, 11) is 6.26. The molecule has 1 saturated heterocycles. The van der Waals surface area contributed by atoms with E-state index in [0.717, 1.165) is 19.0 Å². The zero-order chi connectivity index (χ0) is 11.7. The van der Waals surface area contributed by atoms with Crippen LogP contribution in [0.5, 0.6) is 0 Å². The predicted octanol–water partition coefficient (Wildman–Crippen LogP) is 1.01. The SMILES string of the molecule is CN(C)C1CCN(c2n[nH]c(=S)n2C)CC1. The molecule has 1 fully saturated rings. The molecule has 0 aromatic carbocycles.